The number of ether oxygens (including phenoxy) is 2. The quantitative estimate of drug-likeness (QED) is 0.907. The van der Waals surface area contributed by atoms with Crippen LogP contribution in [0.15, 0.2) is 18.2 Å². The van der Waals surface area contributed by atoms with Gasteiger partial charge in [0.05, 0.1) is 13.2 Å². The van der Waals surface area contributed by atoms with Crippen molar-refractivity contribution in [2.24, 2.45) is 17.6 Å². The molecule has 20 heavy (non-hydrogen) atoms. The van der Waals surface area contributed by atoms with E-state index in [2.05, 4.69) is 13.8 Å². The van der Waals surface area contributed by atoms with Gasteiger partial charge in [0.25, 0.3) is 0 Å². The minimum atomic E-state index is 0.00711. The second-order valence-corrected chi connectivity index (χ2v) is 6.36. The number of hydrogen-bond acceptors (Lipinski definition) is 3. The summed E-state index contributed by atoms with van der Waals surface area (Å²) < 4.78 is 11.6. The Labute approximate surface area is 122 Å². The molecule has 0 heterocycles. The molecule has 1 aromatic rings. The summed E-state index contributed by atoms with van der Waals surface area (Å²) in [7, 11) is 1.68. The highest BCUT2D eigenvalue weighted by Crippen LogP contribution is 2.35. The molecule has 1 aliphatic carbocycles. The highest BCUT2D eigenvalue weighted by atomic mass is 16.5. The lowest BCUT2D eigenvalue weighted by Gasteiger charge is -2.32. The number of hydrogen-bond donors (Lipinski definition) is 1. The summed E-state index contributed by atoms with van der Waals surface area (Å²) >= 11 is 0. The van der Waals surface area contributed by atoms with Crippen LogP contribution in [-0.4, -0.2) is 13.2 Å². The zero-order chi connectivity index (χ0) is 14.7. The van der Waals surface area contributed by atoms with Crippen LogP contribution >= 0.6 is 0 Å². The van der Waals surface area contributed by atoms with Crippen LogP contribution in [0.4, 0.5) is 0 Å². The summed E-state index contributed by atoms with van der Waals surface area (Å²) in [6.45, 7) is 6.59. The van der Waals surface area contributed by atoms with Crippen molar-refractivity contribution in [2.45, 2.75) is 52.2 Å². The van der Waals surface area contributed by atoms with Crippen molar-refractivity contribution < 1.29 is 9.47 Å². The van der Waals surface area contributed by atoms with Crippen molar-refractivity contribution in [3.05, 3.63) is 23.8 Å². The zero-order valence-electron chi connectivity index (χ0n) is 13.1. The molecule has 1 aliphatic rings. The Bertz CT molecular complexity index is 435. The molecule has 1 saturated carbocycles. The van der Waals surface area contributed by atoms with E-state index in [1.165, 1.54) is 6.42 Å². The summed E-state index contributed by atoms with van der Waals surface area (Å²) in [5, 5.41) is 0. The molecule has 0 aliphatic heterocycles. The van der Waals surface area contributed by atoms with Gasteiger partial charge in [-0.25, -0.2) is 0 Å². The lowest BCUT2D eigenvalue weighted by molar-refractivity contribution is 0.0979. The minimum Gasteiger partial charge on any atom is -0.493 e. The lowest BCUT2D eigenvalue weighted by Crippen LogP contribution is -2.28. The third-order valence-electron chi connectivity index (χ3n) is 4.14. The zero-order valence-corrected chi connectivity index (χ0v) is 13.1. The molecule has 0 amide bonds. The predicted octanol–water partition coefficient (Wildman–Crippen LogP) is 3.92. The van der Waals surface area contributed by atoms with E-state index in [4.69, 9.17) is 15.2 Å². The molecule has 1 aromatic carbocycles. The first-order valence-corrected chi connectivity index (χ1v) is 7.59. The molecule has 2 N–H and O–H groups in total. The van der Waals surface area contributed by atoms with Crippen molar-refractivity contribution in [2.75, 3.05) is 7.11 Å². The average Bonchev–Trinajstić information content (AvgIpc) is 2.37. The maximum atomic E-state index is 6.19. The molecule has 0 spiro atoms. The number of nitrogens with two attached hydrogens (primary N) is 1. The second kappa shape index (κ2) is 6.49. The van der Waals surface area contributed by atoms with Crippen LogP contribution in [0.3, 0.4) is 0 Å². The maximum Gasteiger partial charge on any atom is 0.161 e. The fourth-order valence-electron chi connectivity index (χ4n) is 3.21. The molecule has 3 nitrogen and oxygen atoms in total. The normalized spacial score (nSPS) is 27.9. The predicted molar refractivity (Wildman–Crippen MR) is 82.2 cm³/mol. The molecule has 2 rings (SSSR count). The minimum absolute atomic E-state index is 0.00711. The Kier molecular flexibility index (Phi) is 4.92. The Balaban J connectivity index is 2.12. The topological polar surface area (TPSA) is 44.5 Å². The summed E-state index contributed by atoms with van der Waals surface area (Å²) in [5.41, 5.74) is 6.98. The van der Waals surface area contributed by atoms with Crippen molar-refractivity contribution >= 4 is 0 Å². The largest absolute Gasteiger partial charge is 0.493 e. The van der Waals surface area contributed by atoms with Gasteiger partial charge in [0.15, 0.2) is 11.5 Å². The standard InChI is InChI=1S/C17H27NO2/c1-11-7-12(2)9-15(8-11)20-16-6-5-14(13(3)18)10-17(16)19-4/h5-6,10-13,15H,7-9,18H2,1-4H3. The SMILES string of the molecule is COc1cc(C(C)N)ccc1OC1CC(C)CC(C)C1. The van der Waals surface area contributed by atoms with Crippen LogP contribution in [0.2, 0.25) is 0 Å². The second-order valence-electron chi connectivity index (χ2n) is 6.36. The van der Waals surface area contributed by atoms with Crippen molar-refractivity contribution in [3.8, 4) is 11.5 Å². The first-order chi connectivity index (χ1) is 9.49. The summed E-state index contributed by atoms with van der Waals surface area (Å²) in [6, 6.07) is 6.00. The highest BCUT2D eigenvalue weighted by Gasteiger charge is 2.26. The number of benzene rings is 1. The third kappa shape index (κ3) is 3.66. The van der Waals surface area contributed by atoms with Crippen LogP contribution < -0.4 is 15.2 Å². The summed E-state index contributed by atoms with van der Waals surface area (Å²) in [5.74, 6) is 3.09. The van der Waals surface area contributed by atoms with E-state index in [1.807, 2.05) is 25.1 Å². The Morgan fingerprint density at radius 2 is 1.75 bits per heavy atom. The van der Waals surface area contributed by atoms with E-state index in [9.17, 15) is 0 Å². The Morgan fingerprint density at radius 1 is 1.10 bits per heavy atom. The van der Waals surface area contributed by atoms with E-state index in [0.29, 0.717) is 6.10 Å². The van der Waals surface area contributed by atoms with Crippen molar-refractivity contribution in [1.29, 1.82) is 0 Å². The Hall–Kier alpha value is -1.22. The smallest absolute Gasteiger partial charge is 0.161 e. The molecule has 0 aromatic heterocycles. The highest BCUT2D eigenvalue weighted by molar-refractivity contribution is 5.43. The Morgan fingerprint density at radius 3 is 2.30 bits per heavy atom. The summed E-state index contributed by atoms with van der Waals surface area (Å²) in [6.07, 6.45) is 3.86. The molecular formula is C17H27NO2. The fraction of sp³-hybridized carbons (Fsp3) is 0.647. The van der Waals surface area contributed by atoms with E-state index >= 15 is 0 Å². The lowest BCUT2D eigenvalue weighted by atomic mass is 9.82. The van der Waals surface area contributed by atoms with Crippen LogP contribution in [0, 0.1) is 11.8 Å². The van der Waals surface area contributed by atoms with Gasteiger partial charge in [0, 0.05) is 6.04 Å². The first-order valence-electron chi connectivity index (χ1n) is 7.59. The van der Waals surface area contributed by atoms with Crippen LogP contribution in [0.25, 0.3) is 0 Å². The van der Waals surface area contributed by atoms with Gasteiger partial charge in [-0.05, 0) is 55.7 Å². The molecule has 3 atom stereocenters. The van der Waals surface area contributed by atoms with Crippen molar-refractivity contribution in [1.82, 2.24) is 0 Å². The van der Waals surface area contributed by atoms with Gasteiger partial charge in [-0.15, -0.1) is 0 Å². The molecule has 3 unspecified atom stereocenters. The van der Waals surface area contributed by atoms with Crippen LogP contribution in [0.5, 0.6) is 11.5 Å². The van der Waals surface area contributed by atoms with Gasteiger partial charge in [0.1, 0.15) is 0 Å². The van der Waals surface area contributed by atoms with Gasteiger partial charge >= 0.3 is 0 Å². The molecule has 0 radical (unpaired) electrons. The van der Waals surface area contributed by atoms with Crippen LogP contribution in [0.1, 0.15) is 51.6 Å². The van der Waals surface area contributed by atoms with E-state index in [0.717, 1.165) is 41.7 Å². The van der Waals surface area contributed by atoms with Crippen LogP contribution in [-0.2, 0) is 0 Å². The van der Waals surface area contributed by atoms with Gasteiger partial charge < -0.3 is 15.2 Å². The molecule has 1 fully saturated rings. The molecule has 0 bridgehead atoms. The van der Waals surface area contributed by atoms with E-state index in [-0.39, 0.29) is 6.04 Å². The van der Waals surface area contributed by atoms with Gasteiger partial charge in [-0.3, -0.25) is 0 Å². The molecular weight excluding hydrogens is 250 g/mol. The molecule has 0 saturated heterocycles. The number of methoxy groups -OCH3 is 1. The van der Waals surface area contributed by atoms with Gasteiger partial charge in [0.2, 0.25) is 0 Å². The fourth-order valence-corrected chi connectivity index (χ4v) is 3.21. The maximum absolute atomic E-state index is 6.19. The van der Waals surface area contributed by atoms with E-state index < -0.39 is 0 Å². The average molecular weight is 277 g/mol. The number of rotatable bonds is 4. The molecule has 112 valence electrons. The molecule has 3 heteroatoms. The first kappa shape index (κ1) is 15.2. The van der Waals surface area contributed by atoms with Gasteiger partial charge in [-0.1, -0.05) is 19.9 Å². The third-order valence-corrected chi connectivity index (χ3v) is 4.14. The van der Waals surface area contributed by atoms with Gasteiger partial charge in [-0.2, -0.15) is 0 Å². The van der Waals surface area contributed by atoms with Crippen molar-refractivity contribution in [3.63, 3.8) is 0 Å². The summed E-state index contributed by atoms with van der Waals surface area (Å²) in [4.78, 5) is 0. The van der Waals surface area contributed by atoms with E-state index in [1.54, 1.807) is 7.11 Å². The monoisotopic (exact) mass is 277 g/mol.